The summed E-state index contributed by atoms with van der Waals surface area (Å²) < 4.78 is 5.45. The Bertz CT molecular complexity index is 396. The zero-order valence-electron chi connectivity index (χ0n) is 12.9. The predicted molar refractivity (Wildman–Crippen MR) is 81.3 cm³/mol. The second-order valence-electron chi connectivity index (χ2n) is 5.99. The molecule has 1 rings (SSSR count). The van der Waals surface area contributed by atoms with Crippen molar-refractivity contribution in [1.82, 2.24) is 0 Å². The number of methoxy groups -OCH3 is 1. The van der Waals surface area contributed by atoms with Crippen LogP contribution in [0.2, 0.25) is 0 Å². The fourth-order valence-corrected chi connectivity index (χ4v) is 2.11. The Hall–Kier alpha value is -1.22. The number of nitrogens with zero attached hydrogens (tertiary/aromatic N) is 1. The number of aliphatic hydroxyl groups excluding tert-OH is 1. The topological polar surface area (TPSA) is 32.7 Å². The second kappa shape index (κ2) is 6.80. The predicted octanol–water partition coefficient (Wildman–Crippen LogP) is 3.20. The summed E-state index contributed by atoms with van der Waals surface area (Å²) in [5.74, 6) is 0.944. The lowest BCUT2D eigenvalue weighted by atomic mass is 9.86. The van der Waals surface area contributed by atoms with E-state index in [9.17, 15) is 0 Å². The van der Waals surface area contributed by atoms with Gasteiger partial charge in [0.1, 0.15) is 5.75 Å². The Balaban J connectivity index is 2.91. The molecule has 0 saturated heterocycles. The maximum absolute atomic E-state index is 8.83. The summed E-state index contributed by atoms with van der Waals surface area (Å²) in [5, 5.41) is 8.83. The van der Waals surface area contributed by atoms with Crippen LogP contribution in [-0.2, 0) is 5.41 Å². The third-order valence-electron chi connectivity index (χ3n) is 3.33. The summed E-state index contributed by atoms with van der Waals surface area (Å²) in [6, 6.07) is 6.34. The quantitative estimate of drug-likeness (QED) is 0.802. The minimum atomic E-state index is 0.0628. The normalized spacial score (nSPS) is 11.5. The monoisotopic (exact) mass is 265 g/mol. The largest absolute Gasteiger partial charge is 0.496 e. The van der Waals surface area contributed by atoms with E-state index in [0.29, 0.717) is 0 Å². The zero-order valence-corrected chi connectivity index (χ0v) is 12.9. The molecule has 0 aliphatic carbocycles. The maximum Gasteiger partial charge on any atom is 0.122 e. The Morgan fingerprint density at radius 3 is 2.42 bits per heavy atom. The Labute approximate surface area is 117 Å². The van der Waals surface area contributed by atoms with Gasteiger partial charge >= 0.3 is 0 Å². The van der Waals surface area contributed by atoms with Gasteiger partial charge in [-0.15, -0.1) is 0 Å². The average Bonchev–Trinajstić information content (AvgIpc) is 2.37. The number of anilines is 1. The van der Waals surface area contributed by atoms with Crippen LogP contribution < -0.4 is 9.64 Å². The Kier molecular flexibility index (Phi) is 5.67. The third kappa shape index (κ3) is 4.43. The molecule has 0 saturated carbocycles. The van der Waals surface area contributed by atoms with E-state index in [1.165, 1.54) is 11.3 Å². The van der Waals surface area contributed by atoms with Gasteiger partial charge in [-0.05, 0) is 36.5 Å². The molecule has 3 nitrogen and oxygen atoms in total. The molecule has 0 heterocycles. The van der Waals surface area contributed by atoms with Crippen molar-refractivity contribution in [3.8, 4) is 5.75 Å². The van der Waals surface area contributed by atoms with E-state index in [0.717, 1.165) is 25.1 Å². The standard InChI is InChI=1S/C16H27NO2/c1-16(2,3)14-12-13(8-9-15(14)19-5)17(4)10-6-7-11-18/h8-9,12,18H,6-7,10-11H2,1-5H3. The molecule has 0 unspecified atom stereocenters. The summed E-state index contributed by atoms with van der Waals surface area (Å²) in [6.45, 7) is 7.81. The van der Waals surface area contributed by atoms with Crippen molar-refractivity contribution in [1.29, 1.82) is 0 Å². The fourth-order valence-electron chi connectivity index (χ4n) is 2.11. The fraction of sp³-hybridized carbons (Fsp3) is 0.625. The lowest BCUT2D eigenvalue weighted by molar-refractivity contribution is 0.285. The van der Waals surface area contributed by atoms with Crippen molar-refractivity contribution in [3.63, 3.8) is 0 Å². The van der Waals surface area contributed by atoms with Crippen molar-refractivity contribution in [2.75, 3.05) is 32.2 Å². The van der Waals surface area contributed by atoms with Gasteiger partial charge in [0.15, 0.2) is 0 Å². The van der Waals surface area contributed by atoms with E-state index in [1.807, 2.05) is 6.07 Å². The van der Waals surface area contributed by atoms with Gasteiger partial charge in [0.2, 0.25) is 0 Å². The molecular formula is C16H27NO2. The van der Waals surface area contributed by atoms with Crippen LogP contribution in [0.1, 0.15) is 39.2 Å². The molecule has 0 aliphatic rings. The third-order valence-corrected chi connectivity index (χ3v) is 3.33. The van der Waals surface area contributed by atoms with Gasteiger partial charge in [0.25, 0.3) is 0 Å². The maximum atomic E-state index is 8.83. The molecule has 0 spiro atoms. The van der Waals surface area contributed by atoms with Crippen molar-refractivity contribution >= 4 is 5.69 Å². The van der Waals surface area contributed by atoms with E-state index in [4.69, 9.17) is 9.84 Å². The van der Waals surface area contributed by atoms with Crippen LogP contribution in [0.15, 0.2) is 18.2 Å². The van der Waals surface area contributed by atoms with Crippen LogP contribution in [0.25, 0.3) is 0 Å². The van der Waals surface area contributed by atoms with Gasteiger partial charge in [-0.3, -0.25) is 0 Å². The van der Waals surface area contributed by atoms with Gasteiger partial charge in [-0.2, -0.15) is 0 Å². The first kappa shape index (κ1) is 15.8. The summed E-state index contributed by atoms with van der Waals surface area (Å²) >= 11 is 0. The van der Waals surface area contributed by atoms with Crippen molar-refractivity contribution in [2.45, 2.75) is 39.0 Å². The number of rotatable bonds is 6. The Morgan fingerprint density at radius 2 is 1.89 bits per heavy atom. The molecule has 0 aromatic heterocycles. The van der Waals surface area contributed by atoms with Crippen molar-refractivity contribution in [2.24, 2.45) is 0 Å². The lowest BCUT2D eigenvalue weighted by Gasteiger charge is -2.26. The van der Waals surface area contributed by atoms with E-state index >= 15 is 0 Å². The molecule has 1 aromatic rings. The highest BCUT2D eigenvalue weighted by molar-refractivity contribution is 5.54. The molecule has 1 aromatic carbocycles. The highest BCUT2D eigenvalue weighted by Crippen LogP contribution is 2.34. The van der Waals surface area contributed by atoms with Crippen LogP contribution in [0, 0.1) is 0 Å². The first-order valence-corrected chi connectivity index (χ1v) is 6.90. The summed E-state index contributed by atoms with van der Waals surface area (Å²) in [7, 11) is 3.81. The lowest BCUT2D eigenvalue weighted by Crippen LogP contribution is -2.20. The minimum absolute atomic E-state index is 0.0628. The summed E-state index contributed by atoms with van der Waals surface area (Å²) in [5.41, 5.74) is 2.48. The van der Waals surface area contributed by atoms with E-state index in [2.05, 4.69) is 44.9 Å². The van der Waals surface area contributed by atoms with Gasteiger partial charge in [0.05, 0.1) is 7.11 Å². The average molecular weight is 265 g/mol. The minimum Gasteiger partial charge on any atom is -0.496 e. The van der Waals surface area contributed by atoms with Gasteiger partial charge < -0.3 is 14.7 Å². The second-order valence-corrected chi connectivity index (χ2v) is 5.99. The zero-order chi connectivity index (χ0) is 14.5. The van der Waals surface area contributed by atoms with Crippen molar-refractivity contribution < 1.29 is 9.84 Å². The first-order chi connectivity index (χ1) is 8.90. The molecule has 0 bridgehead atoms. The van der Waals surface area contributed by atoms with Crippen LogP contribution in [0.4, 0.5) is 5.69 Å². The van der Waals surface area contributed by atoms with Gasteiger partial charge in [-0.25, -0.2) is 0 Å². The highest BCUT2D eigenvalue weighted by Gasteiger charge is 2.19. The smallest absolute Gasteiger partial charge is 0.122 e. The molecule has 0 aliphatic heterocycles. The van der Waals surface area contributed by atoms with Gasteiger partial charge in [-0.1, -0.05) is 20.8 Å². The molecule has 1 N–H and O–H groups in total. The van der Waals surface area contributed by atoms with E-state index in [1.54, 1.807) is 7.11 Å². The number of ether oxygens (including phenoxy) is 1. The summed E-state index contributed by atoms with van der Waals surface area (Å²) in [4.78, 5) is 2.23. The molecule has 3 heteroatoms. The van der Waals surface area contributed by atoms with E-state index < -0.39 is 0 Å². The molecule has 0 amide bonds. The first-order valence-electron chi connectivity index (χ1n) is 6.90. The van der Waals surface area contributed by atoms with Crippen molar-refractivity contribution in [3.05, 3.63) is 23.8 Å². The molecule has 0 fully saturated rings. The SMILES string of the molecule is COc1ccc(N(C)CCCCO)cc1C(C)(C)C. The molecule has 108 valence electrons. The van der Waals surface area contributed by atoms with Gasteiger partial charge in [0, 0.05) is 31.5 Å². The number of unbranched alkanes of at least 4 members (excludes halogenated alkanes) is 1. The molecule has 0 radical (unpaired) electrons. The highest BCUT2D eigenvalue weighted by atomic mass is 16.5. The number of aliphatic hydroxyl groups is 1. The van der Waals surface area contributed by atoms with E-state index in [-0.39, 0.29) is 12.0 Å². The van der Waals surface area contributed by atoms with Crippen LogP contribution in [0.3, 0.4) is 0 Å². The number of benzene rings is 1. The molecule has 0 atom stereocenters. The number of hydrogen-bond donors (Lipinski definition) is 1. The molecule has 19 heavy (non-hydrogen) atoms. The molecular weight excluding hydrogens is 238 g/mol. The Morgan fingerprint density at radius 1 is 1.21 bits per heavy atom. The summed E-state index contributed by atoms with van der Waals surface area (Å²) in [6.07, 6.45) is 1.86. The van der Waals surface area contributed by atoms with Crippen LogP contribution in [-0.4, -0.2) is 32.4 Å². The van der Waals surface area contributed by atoms with Crippen LogP contribution in [0.5, 0.6) is 5.75 Å². The number of hydrogen-bond acceptors (Lipinski definition) is 3. The van der Waals surface area contributed by atoms with Crippen LogP contribution >= 0.6 is 0 Å².